The van der Waals surface area contributed by atoms with Crippen LogP contribution in [-0.4, -0.2) is 41.7 Å². The number of hydrogen-bond acceptors (Lipinski definition) is 4. The van der Waals surface area contributed by atoms with Gasteiger partial charge < -0.3 is 15.2 Å². The summed E-state index contributed by atoms with van der Waals surface area (Å²) >= 11 is 5.40. The smallest absolute Gasteiger partial charge is 0.188 e. The first-order chi connectivity index (χ1) is 15.6. The fourth-order valence-electron chi connectivity index (χ4n) is 4.11. The summed E-state index contributed by atoms with van der Waals surface area (Å²) < 4.78 is 11.2. The molecule has 32 heavy (non-hydrogen) atoms. The molecule has 0 radical (unpaired) electrons. The number of likely N-dealkylation sites (N-methyl/N-ethyl adjacent to an activating group) is 2. The van der Waals surface area contributed by atoms with Crippen molar-refractivity contribution in [1.82, 2.24) is 14.7 Å². The van der Waals surface area contributed by atoms with Crippen molar-refractivity contribution < 1.29 is 4.52 Å². The highest BCUT2D eigenvalue weighted by Gasteiger charge is 2.46. The lowest BCUT2D eigenvalue weighted by molar-refractivity contribution is 0.310. The number of anilines is 1. The first-order valence-corrected chi connectivity index (χ1v) is 12.3. The molecule has 3 aromatic rings. The van der Waals surface area contributed by atoms with E-state index in [0.29, 0.717) is 18.3 Å². The van der Waals surface area contributed by atoms with Crippen molar-refractivity contribution in [2.24, 2.45) is 0 Å². The second kappa shape index (κ2) is 11.0. The molecule has 0 saturated carbocycles. The standard InChI is InChI=1S/C25H29N4OPS/c1-28-23(20-12-6-3-7-13-20)24(21-14-8-4-9-15-21)29(2)31(28)30-19-18-26-25(32)27-22-16-10-5-11-17-22/h3-17,23-24H,18-19H2,1-2H3,(H2,26,27,32)/t23-,24-/m1/s1. The average molecular weight is 465 g/mol. The van der Waals surface area contributed by atoms with Gasteiger partial charge in [-0.2, -0.15) is 0 Å². The van der Waals surface area contributed by atoms with Gasteiger partial charge in [-0.15, -0.1) is 0 Å². The zero-order chi connectivity index (χ0) is 22.3. The van der Waals surface area contributed by atoms with Crippen LogP contribution in [0.15, 0.2) is 91.0 Å². The maximum absolute atomic E-state index is 6.40. The van der Waals surface area contributed by atoms with Crippen molar-refractivity contribution in [3.8, 4) is 0 Å². The van der Waals surface area contributed by atoms with E-state index in [9.17, 15) is 0 Å². The molecule has 166 valence electrons. The molecule has 1 aliphatic rings. The predicted molar refractivity (Wildman–Crippen MR) is 137 cm³/mol. The maximum Gasteiger partial charge on any atom is 0.188 e. The molecule has 1 aliphatic heterocycles. The summed E-state index contributed by atoms with van der Waals surface area (Å²) in [6, 6.07) is 31.8. The number of benzene rings is 3. The van der Waals surface area contributed by atoms with Crippen LogP contribution in [0.1, 0.15) is 23.2 Å². The lowest BCUT2D eigenvalue weighted by Gasteiger charge is -2.25. The quantitative estimate of drug-likeness (QED) is 0.270. The Hall–Kier alpha value is -2.34. The number of thiocarbonyl (C=S) groups is 1. The Morgan fingerprint density at radius 2 is 1.28 bits per heavy atom. The summed E-state index contributed by atoms with van der Waals surface area (Å²) in [5, 5.41) is 7.04. The predicted octanol–water partition coefficient (Wildman–Crippen LogP) is 5.58. The largest absolute Gasteiger partial charge is 0.360 e. The van der Waals surface area contributed by atoms with E-state index in [1.54, 1.807) is 0 Å². The van der Waals surface area contributed by atoms with Crippen LogP contribution in [0.3, 0.4) is 0 Å². The molecule has 3 aromatic carbocycles. The Bertz CT molecular complexity index is 941. The van der Waals surface area contributed by atoms with Crippen molar-refractivity contribution in [2.75, 3.05) is 32.6 Å². The number of para-hydroxylation sites is 1. The summed E-state index contributed by atoms with van der Waals surface area (Å²) in [7, 11) is 3.42. The van der Waals surface area contributed by atoms with Crippen LogP contribution in [0.2, 0.25) is 0 Å². The van der Waals surface area contributed by atoms with Gasteiger partial charge in [-0.25, -0.2) is 9.34 Å². The van der Waals surface area contributed by atoms with Gasteiger partial charge in [0.1, 0.15) is 0 Å². The lowest BCUT2D eigenvalue weighted by Crippen LogP contribution is -2.31. The third-order valence-electron chi connectivity index (χ3n) is 5.55. The summed E-state index contributed by atoms with van der Waals surface area (Å²) in [5.41, 5.74) is 3.58. The number of nitrogens with one attached hydrogen (secondary N) is 2. The van der Waals surface area contributed by atoms with Crippen LogP contribution in [0.4, 0.5) is 5.69 Å². The molecule has 0 spiro atoms. The van der Waals surface area contributed by atoms with Crippen LogP contribution in [0.25, 0.3) is 0 Å². The maximum atomic E-state index is 6.40. The Balaban J connectivity index is 1.39. The van der Waals surface area contributed by atoms with Crippen molar-refractivity contribution in [3.63, 3.8) is 0 Å². The normalized spacial score (nSPS) is 19.7. The van der Waals surface area contributed by atoms with Crippen LogP contribution in [-0.2, 0) is 4.52 Å². The van der Waals surface area contributed by atoms with Gasteiger partial charge in [-0.3, -0.25) is 0 Å². The van der Waals surface area contributed by atoms with Gasteiger partial charge in [0.2, 0.25) is 0 Å². The molecular formula is C25H29N4OPS. The fraction of sp³-hybridized carbons (Fsp3) is 0.240. The van der Waals surface area contributed by atoms with Gasteiger partial charge in [-0.1, -0.05) is 78.9 Å². The zero-order valence-electron chi connectivity index (χ0n) is 18.4. The Morgan fingerprint density at radius 3 is 1.78 bits per heavy atom. The second-order valence-corrected chi connectivity index (χ2v) is 10.1. The molecule has 5 nitrogen and oxygen atoms in total. The first-order valence-electron chi connectivity index (χ1n) is 10.7. The van der Waals surface area contributed by atoms with Gasteiger partial charge in [0, 0.05) is 12.2 Å². The molecular weight excluding hydrogens is 435 g/mol. The monoisotopic (exact) mass is 464 g/mol. The molecule has 0 aliphatic carbocycles. The van der Waals surface area contributed by atoms with Crippen LogP contribution in [0.5, 0.6) is 0 Å². The van der Waals surface area contributed by atoms with Crippen LogP contribution < -0.4 is 10.6 Å². The van der Waals surface area contributed by atoms with E-state index in [-0.39, 0.29) is 12.1 Å². The average Bonchev–Trinajstić information content (AvgIpc) is 3.08. The summed E-state index contributed by atoms with van der Waals surface area (Å²) in [4.78, 5) is 0. The van der Waals surface area contributed by atoms with Crippen molar-refractivity contribution in [2.45, 2.75) is 12.1 Å². The summed E-state index contributed by atoms with van der Waals surface area (Å²) in [5.74, 6) is 0. The van der Waals surface area contributed by atoms with E-state index < -0.39 is 8.45 Å². The Morgan fingerprint density at radius 1 is 0.812 bits per heavy atom. The van der Waals surface area contributed by atoms with E-state index in [2.05, 4.69) is 94.7 Å². The van der Waals surface area contributed by atoms with Gasteiger partial charge in [0.05, 0.1) is 18.7 Å². The Kier molecular flexibility index (Phi) is 7.85. The van der Waals surface area contributed by atoms with E-state index in [1.807, 2.05) is 30.3 Å². The van der Waals surface area contributed by atoms with Gasteiger partial charge in [-0.05, 0) is 49.6 Å². The zero-order valence-corrected chi connectivity index (χ0v) is 20.1. The minimum Gasteiger partial charge on any atom is -0.360 e. The summed E-state index contributed by atoms with van der Waals surface area (Å²) in [6.07, 6.45) is 0. The van der Waals surface area contributed by atoms with Crippen molar-refractivity contribution in [1.29, 1.82) is 0 Å². The molecule has 0 unspecified atom stereocenters. The van der Waals surface area contributed by atoms with E-state index in [4.69, 9.17) is 16.7 Å². The lowest BCUT2D eigenvalue weighted by atomic mass is 9.93. The van der Waals surface area contributed by atoms with Crippen LogP contribution >= 0.6 is 20.7 Å². The number of hydrogen-bond donors (Lipinski definition) is 2. The second-order valence-electron chi connectivity index (χ2n) is 7.69. The third kappa shape index (κ3) is 5.34. The molecule has 0 bridgehead atoms. The van der Waals surface area contributed by atoms with E-state index >= 15 is 0 Å². The molecule has 7 heteroatoms. The highest BCUT2D eigenvalue weighted by atomic mass is 32.1. The van der Waals surface area contributed by atoms with Gasteiger partial charge in [0.15, 0.2) is 13.6 Å². The van der Waals surface area contributed by atoms with Crippen molar-refractivity contribution in [3.05, 3.63) is 102 Å². The van der Waals surface area contributed by atoms with Gasteiger partial charge >= 0.3 is 0 Å². The first kappa shape index (κ1) is 22.8. The highest BCUT2D eigenvalue weighted by Crippen LogP contribution is 2.62. The number of nitrogens with zero attached hydrogens (tertiary/aromatic N) is 2. The topological polar surface area (TPSA) is 39.8 Å². The number of rotatable bonds is 7. The molecule has 2 atom stereocenters. The molecule has 1 saturated heterocycles. The van der Waals surface area contributed by atoms with E-state index in [1.165, 1.54) is 11.1 Å². The van der Waals surface area contributed by atoms with Gasteiger partial charge in [0.25, 0.3) is 0 Å². The molecule has 1 fully saturated rings. The SMILES string of the molecule is CN1[C@H](c2ccccc2)[C@@H](c2ccccc2)N(C)P1OCCNC(=S)Nc1ccccc1. The highest BCUT2D eigenvalue weighted by molar-refractivity contribution is 7.80. The molecule has 2 N–H and O–H groups in total. The summed E-state index contributed by atoms with van der Waals surface area (Å²) in [6.45, 7) is 1.21. The minimum atomic E-state index is -0.909. The fourth-order valence-corrected chi connectivity index (χ4v) is 6.34. The molecule has 0 amide bonds. The van der Waals surface area contributed by atoms with Crippen molar-refractivity contribution >= 4 is 31.5 Å². The third-order valence-corrected chi connectivity index (χ3v) is 7.79. The Labute approximate surface area is 197 Å². The minimum absolute atomic E-state index is 0.225. The molecule has 1 heterocycles. The molecule has 0 aromatic heterocycles. The van der Waals surface area contributed by atoms with E-state index in [0.717, 1.165) is 5.69 Å². The van der Waals surface area contributed by atoms with Crippen LogP contribution in [0, 0.1) is 0 Å². The molecule has 4 rings (SSSR count).